The smallest absolute Gasteiger partial charge is 0.00187 e. The van der Waals surface area contributed by atoms with Crippen LogP contribution in [0.15, 0.2) is 24.8 Å². The number of hydrogen-bond acceptors (Lipinski definition) is 1. The van der Waals surface area contributed by atoms with Crippen LogP contribution in [0.1, 0.15) is 111 Å². The largest absolute Gasteiger partial charge is 0.306 e. The first-order chi connectivity index (χ1) is 13.9. The minimum Gasteiger partial charge on any atom is -0.306 e. The Hall–Kier alpha value is -0.560. The highest BCUT2D eigenvalue weighted by molar-refractivity contribution is 5.02. The van der Waals surface area contributed by atoms with Crippen molar-refractivity contribution in [2.75, 3.05) is 20.1 Å². The van der Waals surface area contributed by atoms with Crippen LogP contribution in [0.25, 0.3) is 0 Å². The molecule has 170 valence electrons. The normalized spacial score (nSPS) is 20.9. The van der Waals surface area contributed by atoms with Gasteiger partial charge in [0.05, 0.1) is 0 Å². The molecule has 0 aromatic carbocycles. The van der Waals surface area contributed by atoms with Crippen LogP contribution in [0, 0.1) is 23.7 Å². The summed E-state index contributed by atoms with van der Waals surface area (Å²) >= 11 is 0. The van der Waals surface area contributed by atoms with Gasteiger partial charge in [0.1, 0.15) is 0 Å². The van der Waals surface area contributed by atoms with Gasteiger partial charge in [-0.05, 0) is 95.2 Å². The highest BCUT2D eigenvalue weighted by Crippen LogP contribution is 2.36. The molecule has 1 aliphatic carbocycles. The second-order valence-electron chi connectivity index (χ2n) is 10.6. The molecule has 1 saturated carbocycles. The number of rotatable bonds is 17. The summed E-state index contributed by atoms with van der Waals surface area (Å²) in [6, 6.07) is 0. The minimum absolute atomic E-state index is 0.812. The predicted molar refractivity (Wildman–Crippen MR) is 132 cm³/mol. The summed E-state index contributed by atoms with van der Waals surface area (Å²) in [5.41, 5.74) is 1.54. The van der Waals surface area contributed by atoms with Crippen molar-refractivity contribution >= 4 is 0 Å². The molecule has 0 aliphatic heterocycles. The van der Waals surface area contributed by atoms with Gasteiger partial charge in [0.25, 0.3) is 0 Å². The molecule has 1 heteroatoms. The molecular formula is C28H53N. The molecule has 0 spiro atoms. The number of allylic oxidation sites excluding steroid dienone is 2. The second-order valence-corrected chi connectivity index (χ2v) is 10.6. The van der Waals surface area contributed by atoms with Crippen LogP contribution in [-0.2, 0) is 0 Å². The Labute approximate surface area is 184 Å². The summed E-state index contributed by atoms with van der Waals surface area (Å²) in [7, 11) is 2.25. The molecule has 29 heavy (non-hydrogen) atoms. The highest BCUT2D eigenvalue weighted by atomic mass is 15.1. The van der Waals surface area contributed by atoms with Crippen LogP contribution in [0.5, 0.6) is 0 Å². The average Bonchev–Trinajstić information content (AvgIpc) is 2.68. The summed E-state index contributed by atoms with van der Waals surface area (Å²) in [4.78, 5) is 2.47. The molecule has 0 bridgehead atoms. The SMILES string of the molecule is C=CCCCN(C)CCCC(=C)C1CCC(CCCC(C)CCCC(C)C)CC1. The average molecular weight is 404 g/mol. The third kappa shape index (κ3) is 13.4. The van der Waals surface area contributed by atoms with E-state index >= 15 is 0 Å². The molecule has 0 heterocycles. The molecule has 0 aromatic heterocycles. The Morgan fingerprint density at radius 3 is 2.24 bits per heavy atom. The van der Waals surface area contributed by atoms with Crippen molar-refractivity contribution in [2.45, 2.75) is 111 Å². The first-order valence-corrected chi connectivity index (χ1v) is 12.9. The van der Waals surface area contributed by atoms with Crippen molar-refractivity contribution in [2.24, 2.45) is 23.7 Å². The van der Waals surface area contributed by atoms with Crippen molar-refractivity contribution in [1.82, 2.24) is 4.90 Å². The topological polar surface area (TPSA) is 3.24 Å². The van der Waals surface area contributed by atoms with Crippen molar-refractivity contribution < 1.29 is 0 Å². The Morgan fingerprint density at radius 2 is 1.59 bits per heavy atom. The summed E-state index contributed by atoms with van der Waals surface area (Å²) < 4.78 is 0. The van der Waals surface area contributed by atoms with Crippen molar-refractivity contribution in [1.29, 1.82) is 0 Å². The van der Waals surface area contributed by atoms with Crippen LogP contribution < -0.4 is 0 Å². The van der Waals surface area contributed by atoms with E-state index in [0.717, 1.165) is 30.1 Å². The van der Waals surface area contributed by atoms with Crippen molar-refractivity contribution in [3.05, 3.63) is 24.8 Å². The zero-order valence-corrected chi connectivity index (χ0v) is 20.6. The number of nitrogens with zero attached hydrogens (tertiary/aromatic N) is 1. The summed E-state index contributed by atoms with van der Waals surface area (Å²) in [6.07, 6.45) is 21.3. The van der Waals surface area contributed by atoms with Gasteiger partial charge in [-0.2, -0.15) is 0 Å². The maximum atomic E-state index is 4.47. The molecule has 0 amide bonds. The fraction of sp³-hybridized carbons (Fsp3) is 0.857. The van der Waals surface area contributed by atoms with E-state index in [0.29, 0.717) is 0 Å². The quantitative estimate of drug-likeness (QED) is 0.173. The Bertz CT molecular complexity index is 416. The first kappa shape index (κ1) is 26.5. The standard InChI is InChI=1S/C28H53N/c1-7-8-9-22-29(6)23-12-16-26(5)28-20-18-27(19-21-28)17-11-15-25(4)14-10-13-24(2)3/h7,24-25,27-28H,1,5,8-23H2,2-4,6H3. The van der Waals surface area contributed by atoms with E-state index in [-0.39, 0.29) is 0 Å². The molecule has 1 fully saturated rings. The molecular weight excluding hydrogens is 350 g/mol. The fourth-order valence-corrected chi connectivity index (χ4v) is 5.03. The summed E-state index contributed by atoms with van der Waals surface area (Å²) in [5.74, 6) is 3.61. The maximum Gasteiger partial charge on any atom is -0.00187 e. The minimum atomic E-state index is 0.812. The van der Waals surface area contributed by atoms with Crippen LogP contribution in [-0.4, -0.2) is 25.0 Å². The number of hydrogen-bond donors (Lipinski definition) is 0. The summed E-state index contributed by atoms with van der Waals surface area (Å²) in [6.45, 7) is 17.8. The zero-order chi connectivity index (χ0) is 21.5. The molecule has 1 atom stereocenters. The third-order valence-electron chi connectivity index (χ3n) is 7.20. The van der Waals surface area contributed by atoms with Gasteiger partial charge in [-0.3, -0.25) is 0 Å². The Balaban J connectivity index is 2.07. The molecule has 1 rings (SSSR count). The molecule has 0 radical (unpaired) electrons. The van der Waals surface area contributed by atoms with Gasteiger partial charge in [0.2, 0.25) is 0 Å². The zero-order valence-electron chi connectivity index (χ0n) is 20.6. The Morgan fingerprint density at radius 1 is 0.931 bits per heavy atom. The van der Waals surface area contributed by atoms with Crippen LogP contribution >= 0.6 is 0 Å². The van der Waals surface area contributed by atoms with Crippen LogP contribution in [0.4, 0.5) is 0 Å². The van der Waals surface area contributed by atoms with Gasteiger partial charge in [0.15, 0.2) is 0 Å². The fourth-order valence-electron chi connectivity index (χ4n) is 5.03. The lowest BCUT2D eigenvalue weighted by Gasteiger charge is -2.30. The third-order valence-corrected chi connectivity index (χ3v) is 7.20. The van der Waals surface area contributed by atoms with Crippen molar-refractivity contribution in [3.8, 4) is 0 Å². The van der Waals surface area contributed by atoms with Gasteiger partial charge in [-0.25, -0.2) is 0 Å². The molecule has 0 aromatic rings. The van der Waals surface area contributed by atoms with Gasteiger partial charge in [0, 0.05) is 0 Å². The molecule has 1 aliphatic rings. The lowest BCUT2D eigenvalue weighted by Crippen LogP contribution is -2.21. The van der Waals surface area contributed by atoms with Gasteiger partial charge in [-0.1, -0.05) is 77.5 Å². The molecule has 1 nitrogen and oxygen atoms in total. The van der Waals surface area contributed by atoms with E-state index in [9.17, 15) is 0 Å². The lowest BCUT2D eigenvalue weighted by atomic mass is 9.76. The van der Waals surface area contributed by atoms with E-state index in [1.165, 1.54) is 96.6 Å². The van der Waals surface area contributed by atoms with E-state index in [2.05, 4.69) is 45.9 Å². The first-order valence-electron chi connectivity index (χ1n) is 12.9. The van der Waals surface area contributed by atoms with E-state index < -0.39 is 0 Å². The molecule has 1 unspecified atom stereocenters. The lowest BCUT2D eigenvalue weighted by molar-refractivity contribution is 0.270. The second kappa shape index (κ2) is 16.2. The predicted octanol–water partition coefficient (Wildman–Crippen LogP) is 8.66. The Kier molecular flexibility index (Phi) is 14.8. The van der Waals surface area contributed by atoms with Gasteiger partial charge < -0.3 is 4.90 Å². The monoisotopic (exact) mass is 403 g/mol. The van der Waals surface area contributed by atoms with Crippen molar-refractivity contribution in [3.63, 3.8) is 0 Å². The van der Waals surface area contributed by atoms with E-state index in [1.807, 2.05) is 6.08 Å². The van der Waals surface area contributed by atoms with Crippen LogP contribution in [0.2, 0.25) is 0 Å². The molecule has 0 N–H and O–H groups in total. The maximum absolute atomic E-state index is 4.47. The van der Waals surface area contributed by atoms with E-state index in [4.69, 9.17) is 0 Å². The van der Waals surface area contributed by atoms with Gasteiger partial charge in [-0.15, -0.1) is 6.58 Å². The molecule has 0 saturated heterocycles. The number of unbranched alkanes of at least 4 members (excludes halogenated alkanes) is 1. The van der Waals surface area contributed by atoms with Crippen LogP contribution in [0.3, 0.4) is 0 Å². The highest BCUT2D eigenvalue weighted by Gasteiger charge is 2.22. The van der Waals surface area contributed by atoms with E-state index in [1.54, 1.807) is 5.57 Å². The van der Waals surface area contributed by atoms with Gasteiger partial charge >= 0.3 is 0 Å². The summed E-state index contributed by atoms with van der Waals surface area (Å²) in [5, 5.41) is 0.